The van der Waals surface area contributed by atoms with Gasteiger partial charge in [-0.05, 0) is 37.7 Å². The van der Waals surface area contributed by atoms with Crippen LogP contribution < -0.4 is 0 Å². The van der Waals surface area contributed by atoms with Gasteiger partial charge in [-0.15, -0.1) is 0 Å². The maximum atomic E-state index is 12.9. The van der Waals surface area contributed by atoms with E-state index in [0.29, 0.717) is 5.25 Å². The molecule has 0 bridgehead atoms. The second-order valence-corrected chi connectivity index (χ2v) is 8.50. The summed E-state index contributed by atoms with van der Waals surface area (Å²) in [6.07, 6.45) is 18.1. The van der Waals surface area contributed by atoms with Crippen LogP contribution in [0.3, 0.4) is 0 Å². The van der Waals surface area contributed by atoms with Crippen molar-refractivity contribution in [3.05, 3.63) is 35.9 Å². The second-order valence-electron chi connectivity index (χ2n) is 6.74. The summed E-state index contributed by atoms with van der Waals surface area (Å²) in [5, 5.41) is 0.423. The lowest BCUT2D eigenvalue weighted by atomic mass is 10.0. The van der Waals surface area contributed by atoms with Gasteiger partial charge >= 0.3 is 0 Å². The third-order valence-electron chi connectivity index (χ3n) is 5.37. The summed E-state index contributed by atoms with van der Waals surface area (Å²) in [6, 6.07) is 0.276. The summed E-state index contributed by atoms with van der Waals surface area (Å²) < 4.78 is 15.1. The summed E-state index contributed by atoms with van der Waals surface area (Å²) in [4.78, 5) is 4.33. The van der Waals surface area contributed by atoms with Crippen molar-refractivity contribution in [1.82, 2.24) is 9.55 Å². The van der Waals surface area contributed by atoms with Crippen LogP contribution in [0.25, 0.3) is 5.57 Å². The van der Waals surface area contributed by atoms with Crippen LogP contribution in [-0.2, 0) is 10.8 Å². The highest BCUT2D eigenvalue weighted by atomic mass is 32.2. The van der Waals surface area contributed by atoms with Crippen LogP contribution in [0.2, 0.25) is 0 Å². The number of nitrogens with zero attached hydrogens (tertiary/aromatic N) is 2. The van der Waals surface area contributed by atoms with Crippen LogP contribution in [0.1, 0.15) is 63.1 Å². The molecule has 2 heterocycles. The highest BCUT2D eigenvalue weighted by Crippen LogP contribution is 2.42. The van der Waals surface area contributed by atoms with Gasteiger partial charge < -0.3 is 4.57 Å². The molecule has 4 heteroatoms. The smallest absolute Gasteiger partial charge is 0.0956 e. The Hall–Kier alpha value is -1.16. The third kappa shape index (κ3) is 2.51. The summed E-state index contributed by atoms with van der Waals surface area (Å²) in [6.45, 7) is 0. The van der Waals surface area contributed by atoms with Gasteiger partial charge in [-0.2, -0.15) is 0 Å². The molecule has 0 spiro atoms. The lowest BCUT2D eigenvalue weighted by molar-refractivity contribution is 0.501. The maximum Gasteiger partial charge on any atom is 0.0956 e. The molecule has 1 aliphatic heterocycles. The molecule has 3 aliphatic rings. The maximum absolute atomic E-state index is 12.9. The van der Waals surface area contributed by atoms with Gasteiger partial charge in [0.1, 0.15) is 0 Å². The van der Waals surface area contributed by atoms with Gasteiger partial charge in [0.15, 0.2) is 0 Å². The van der Waals surface area contributed by atoms with Crippen molar-refractivity contribution in [1.29, 1.82) is 0 Å². The summed E-state index contributed by atoms with van der Waals surface area (Å²) >= 11 is 0. The topological polar surface area (TPSA) is 34.9 Å². The van der Waals surface area contributed by atoms with Gasteiger partial charge in [-0.3, -0.25) is 4.21 Å². The second kappa shape index (κ2) is 6.15. The molecule has 2 unspecified atom stereocenters. The summed E-state index contributed by atoms with van der Waals surface area (Å²) in [5.41, 5.74) is 4.06. The van der Waals surface area contributed by atoms with E-state index >= 15 is 0 Å². The van der Waals surface area contributed by atoms with Gasteiger partial charge in [0, 0.05) is 27.4 Å². The van der Waals surface area contributed by atoms with Crippen molar-refractivity contribution in [3.8, 4) is 0 Å². The van der Waals surface area contributed by atoms with Crippen molar-refractivity contribution in [2.75, 3.05) is 5.75 Å². The molecule has 1 aromatic heterocycles. The molecule has 0 saturated heterocycles. The minimum absolute atomic E-state index is 0.276. The lowest BCUT2D eigenvalue weighted by Gasteiger charge is -2.24. The average molecular weight is 316 g/mol. The van der Waals surface area contributed by atoms with Crippen molar-refractivity contribution >= 4 is 16.4 Å². The molecule has 3 nitrogen and oxygen atoms in total. The van der Waals surface area contributed by atoms with E-state index in [0.717, 1.165) is 31.4 Å². The van der Waals surface area contributed by atoms with E-state index in [2.05, 4.69) is 21.7 Å². The number of hydrogen-bond acceptors (Lipinski definition) is 2. The molecule has 0 aromatic carbocycles. The predicted molar refractivity (Wildman–Crippen MR) is 91.1 cm³/mol. The van der Waals surface area contributed by atoms with Crippen LogP contribution in [0.5, 0.6) is 0 Å². The zero-order chi connectivity index (χ0) is 14.9. The zero-order valence-electron chi connectivity index (χ0n) is 13.0. The fraction of sp³-hybridized carbons (Fsp3) is 0.611. The quantitative estimate of drug-likeness (QED) is 0.844. The van der Waals surface area contributed by atoms with Gasteiger partial charge in [0.05, 0.1) is 24.3 Å². The first-order valence-electron chi connectivity index (χ1n) is 8.63. The van der Waals surface area contributed by atoms with Crippen molar-refractivity contribution in [2.45, 2.75) is 62.7 Å². The Kier molecular flexibility index (Phi) is 4.03. The lowest BCUT2D eigenvalue weighted by Crippen LogP contribution is -2.25. The van der Waals surface area contributed by atoms with Crippen molar-refractivity contribution < 1.29 is 4.21 Å². The Balaban J connectivity index is 1.59. The fourth-order valence-electron chi connectivity index (χ4n) is 4.18. The Morgan fingerprint density at radius 3 is 2.95 bits per heavy atom. The molecule has 2 atom stereocenters. The number of rotatable bonds is 3. The first-order valence-corrected chi connectivity index (χ1v) is 10.0. The highest BCUT2D eigenvalue weighted by molar-refractivity contribution is 7.85. The Labute approximate surface area is 135 Å². The van der Waals surface area contributed by atoms with E-state index in [9.17, 15) is 4.21 Å². The van der Waals surface area contributed by atoms with Crippen LogP contribution >= 0.6 is 0 Å². The highest BCUT2D eigenvalue weighted by Gasteiger charge is 2.33. The largest absolute Gasteiger partial charge is 0.322 e. The molecule has 1 saturated carbocycles. The molecule has 2 aliphatic carbocycles. The van der Waals surface area contributed by atoms with Gasteiger partial charge in [-0.25, -0.2) is 4.98 Å². The van der Waals surface area contributed by atoms with E-state index < -0.39 is 10.8 Å². The van der Waals surface area contributed by atoms with Gasteiger partial charge in [0.2, 0.25) is 0 Å². The van der Waals surface area contributed by atoms with E-state index in [1.165, 1.54) is 42.5 Å². The number of imidazole rings is 1. The molecular formula is C18H24N2OS. The average Bonchev–Trinajstić information content (AvgIpc) is 3.03. The molecule has 0 amide bonds. The van der Waals surface area contributed by atoms with Crippen LogP contribution in [0.15, 0.2) is 30.2 Å². The van der Waals surface area contributed by atoms with Crippen LogP contribution in [-0.4, -0.2) is 24.8 Å². The molecule has 1 aromatic rings. The molecule has 118 valence electrons. The molecule has 0 N–H and O–H groups in total. The van der Waals surface area contributed by atoms with E-state index in [1.807, 2.05) is 12.5 Å². The molecule has 22 heavy (non-hydrogen) atoms. The summed E-state index contributed by atoms with van der Waals surface area (Å²) in [5.74, 6) is 0.778. The van der Waals surface area contributed by atoms with Gasteiger partial charge in [0.25, 0.3) is 0 Å². The van der Waals surface area contributed by atoms with E-state index in [4.69, 9.17) is 0 Å². The number of allylic oxidation sites excluding steroid dienone is 4. The standard InChI is InChI=1S/C18H24N2OS/c21-22(14-7-3-1-4-8-14)12-18-16-10-6-2-5-9-15(16)17-11-19-13-20(17)18/h5,9,11,13-14,18H,1-4,6-8,10,12H2. The fourth-order valence-corrected chi connectivity index (χ4v) is 5.98. The van der Waals surface area contributed by atoms with Crippen molar-refractivity contribution in [3.63, 3.8) is 0 Å². The number of fused-ring (bicyclic) bond motifs is 2. The van der Waals surface area contributed by atoms with E-state index in [-0.39, 0.29) is 6.04 Å². The van der Waals surface area contributed by atoms with Crippen LogP contribution in [0, 0.1) is 0 Å². The van der Waals surface area contributed by atoms with Gasteiger partial charge in [-0.1, -0.05) is 31.4 Å². The Morgan fingerprint density at radius 2 is 2.09 bits per heavy atom. The normalized spacial score (nSPS) is 26.6. The first-order chi connectivity index (χ1) is 10.8. The molecular weight excluding hydrogens is 292 g/mol. The van der Waals surface area contributed by atoms with Crippen molar-refractivity contribution in [2.24, 2.45) is 0 Å². The van der Waals surface area contributed by atoms with E-state index in [1.54, 1.807) is 0 Å². The predicted octanol–water partition coefficient (Wildman–Crippen LogP) is 4.01. The molecule has 1 fully saturated rings. The SMILES string of the molecule is O=S(CC1C2=C(C=CCCC2)c2cncn21)C1CCCCC1. The third-order valence-corrected chi connectivity index (χ3v) is 7.23. The number of aromatic nitrogens is 2. The Bertz CT molecular complexity index is 637. The minimum Gasteiger partial charge on any atom is -0.322 e. The molecule has 4 rings (SSSR count). The summed E-state index contributed by atoms with van der Waals surface area (Å²) in [7, 11) is -0.715. The minimum atomic E-state index is -0.715. The number of hydrogen-bond donors (Lipinski definition) is 0. The molecule has 0 radical (unpaired) electrons. The zero-order valence-corrected chi connectivity index (χ0v) is 13.9. The first kappa shape index (κ1) is 14.4. The monoisotopic (exact) mass is 316 g/mol. The Morgan fingerprint density at radius 1 is 1.23 bits per heavy atom. The van der Waals surface area contributed by atoms with Crippen LogP contribution in [0.4, 0.5) is 0 Å².